The maximum absolute atomic E-state index is 11.9. The van der Waals surface area contributed by atoms with Crippen LogP contribution in [-0.4, -0.2) is 16.0 Å². The zero-order valence-electron chi connectivity index (χ0n) is 11.9. The maximum Gasteiger partial charge on any atom is 0.270 e. The molecule has 0 bridgehead atoms. The first-order chi connectivity index (χ1) is 10.7. The van der Waals surface area contributed by atoms with Gasteiger partial charge in [0.1, 0.15) is 17.2 Å². The third-order valence-electron chi connectivity index (χ3n) is 2.90. The van der Waals surface area contributed by atoms with Crippen LogP contribution in [0.15, 0.2) is 51.7 Å². The number of aromatic nitrogens is 2. The third kappa shape index (κ3) is 3.32. The molecule has 3 aromatic rings. The second-order valence-corrected chi connectivity index (χ2v) is 4.64. The molecule has 0 atom stereocenters. The van der Waals surface area contributed by atoms with Crippen molar-refractivity contribution < 1.29 is 13.7 Å². The first-order valence-corrected chi connectivity index (χ1v) is 6.68. The number of amides is 1. The van der Waals surface area contributed by atoms with E-state index in [-0.39, 0.29) is 5.91 Å². The lowest BCUT2D eigenvalue weighted by Crippen LogP contribution is -2.23. The number of hydrogen-bond acceptors (Lipinski definition) is 6. The Kier molecular flexibility index (Phi) is 3.86. The van der Waals surface area contributed by atoms with Crippen LogP contribution in [0, 0.1) is 6.92 Å². The zero-order chi connectivity index (χ0) is 15.4. The van der Waals surface area contributed by atoms with Crippen molar-refractivity contribution in [2.75, 3.05) is 5.32 Å². The molecule has 0 aromatic carbocycles. The number of rotatable bonds is 5. The summed E-state index contributed by atoms with van der Waals surface area (Å²) < 4.78 is 10.1. The van der Waals surface area contributed by atoms with Crippen LogP contribution in [-0.2, 0) is 6.54 Å². The van der Waals surface area contributed by atoms with E-state index in [1.807, 2.05) is 6.92 Å². The van der Waals surface area contributed by atoms with Gasteiger partial charge in [-0.15, -0.1) is 0 Å². The van der Waals surface area contributed by atoms with Gasteiger partial charge in [0.25, 0.3) is 5.91 Å². The van der Waals surface area contributed by atoms with E-state index in [1.165, 1.54) is 0 Å². The summed E-state index contributed by atoms with van der Waals surface area (Å²) in [6.45, 7) is 2.13. The van der Waals surface area contributed by atoms with Gasteiger partial charge in [0.15, 0.2) is 5.82 Å². The van der Waals surface area contributed by atoms with E-state index in [0.29, 0.717) is 29.6 Å². The van der Waals surface area contributed by atoms with E-state index in [2.05, 4.69) is 20.8 Å². The Morgan fingerprint density at radius 3 is 2.86 bits per heavy atom. The van der Waals surface area contributed by atoms with E-state index in [0.717, 1.165) is 5.69 Å². The molecule has 3 rings (SSSR count). The molecular weight excluding hydrogens is 284 g/mol. The second-order valence-electron chi connectivity index (χ2n) is 4.64. The van der Waals surface area contributed by atoms with Crippen molar-refractivity contribution in [2.24, 2.45) is 0 Å². The predicted molar refractivity (Wildman–Crippen MR) is 78.6 cm³/mol. The largest absolute Gasteiger partial charge is 0.467 e. The van der Waals surface area contributed by atoms with Crippen molar-refractivity contribution in [1.29, 1.82) is 0 Å². The van der Waals surface area contributed by atoms with Crippen LogP contribution in [0.2, 0.25) is 0 Å². The van der Waals surface area contributed by atoms with Crippen LogP contribution in [0.1, 0.15) is 22.0 Å². The standard InChI is InChI=1S/C15H14N4O3/c1-10-7-14(19-22-10)18-11-4-5-13(16-8-11)15(20)17-9-12-3-2-6-21-12/h2-8H,9H2,1H3,(H,17,20)(H,18,19). The fourth-order valence-electron chi connectivity index (χ4n) is 1.85. The Morgan fingerprint density at radius 2 is 2.23 bits per heavy atom. The van der Waals surface area contributed by atoms with E-state index in [1.54, 1.807) is 42.8 Å². The minimum absolute atomic E-state index is 0.264. The van der Waals surface area contributed by atoms with Crippen molar-refractivity contribution in [3.05, 3.63) is 60.0 Å². The minimum Gasteiger partial charge on any atom is -0.467 e. The van der Waals surface area contributed by atoms with Crippen LogP contribution in [0.4, 0.5) is 11.5 Å². The third-order valence-corrected chi connectivity index (χ3v) is 2.90. The van der Waals surface area contributed by atoms with Gasteiger partial charge in [-0.25, -0.2) is 4.98 Å². The normalized spacial score (nSPS) is 10.4. The van der Waals surface area contributed by atoms with Crippen LogP contribution in [0.25, 0.3) is 0 Å². The molecule has 3 heterocycles. The summed E-state index contributed by atoms with van der Waals surface area (Å²) in [6, 6.07) is 8.71. The number of furan rings is 1. The van der Waals surface area contributed by atoms with Crippen molar-refractivity contribution in [3.8, 4) is 0 Å². The molecule has 0 aliphatic heterocycles. The number of nitrogens with zero attached hydrogens (tertiary/aromatic N) is 2. The average Bonchev–Trinajstić information content (AvgIpc) is 3.17. The van der Waals surface area contributed by atoms with Gasteiger partial charge >= 0.3 is 0 Å². The van der Waals surface area contributed by atoms with Crippen molar-refractivity contribution in [2.45, 2.75) is 13.5 Å². The molecule has 0 aliphatic rings. The lowest BCUT2D eigenvalue weighted by atomic mass is 10.3. The predicted octanol–water partition coefficient (Wildman–Crippen LogP) is 2.64. The maximum atomic E-state index is 11.9. The first-order valence-electron chi connectivity index (χ1n) is 6.68. The molecule has 3 aromatic heterocycles. The number of aryl methyl sites for hydroxylation is 1. The molecule has 2 N–H and O–H groups in total. The molecule has 0 unspecified atom stereocenters. The highest BCUT2D eigenvalue weighted by Gasteiger charge is 2.08. The fourth-order valence-corrected chi connectivity index (χ4v) is 1.85. The average molecular weight is 298 g/mol. The molecule has 0 saturated carbocycles. The Balaban J connectivity index is 1.59. The lowest BCUT2D eigenvalue weighted by molar-refractivity contribution is 0.0943. The molecule has 0 aliphatic carbocycles. The molecule has 22 heavy (non-hydrogen) atoms. The van der Waals surface area contributed by atoms with Crippen molar-refractivity contribution in [3.63, 3.8) is 0 Å². The minimum atomic E-state index is -0.264. The first kappa shape index (κ1) is 13.9. The van der Waals surface area contributed by atoms with Gasteiger partial charge in [-0.1, -0.05) is 5.16 Å². The zero-order valence-corrected chi connectivity index (χ0v) is 11.9. The summed E-state index contributed by atoms with van der Waals surface area (Å²) in [5.41, 5.74) is 1.05. The number of carbonyl (C=O) groups excluding carboxylic acids is 1. The second kappa shape index (κ2) is 6.13. The van der Waals surface area contributed by atoms with Gasteiger partial charge in [-0.05, 0) is 31.2 Å². The van der Waals surface area contributed by atoms with Crippen LogP contribution in [0.5, 0.6) is 0 Å². The van der Waals surface area contributed by atoms with E-state index < -0.39 is 0 Å². The van der Waals surface area contributed by atoms with E-state index in [9.17, 15) is 4.79 Å². The van der Waals surface area contributed by atoms with Gasteiger partial charge in [-0.2, -0.15) is 0 Å². The highest BCUT2D eigenvalue weighted by Crippen LogP contribution is 2.15. The Hall–Kier alpha value is -3.09. The molecule has 0 spiro atoms. The number of hydrogen-bond donors (Lipinski definition) is 2. The highest BCUT2D eigenvalue weighted by atomic mass is 16.5. The molecule has 1 amide bonds. The summed E-state index contributed by atoms with van der Waals surface area (Å²) in [6.07, 6.45) is 3.12. The molecule has 7 heteroatoms. The van der Waals surface area contributed by atoms with Gasteiger partial charge in [-0.3, -0.25) is 4.79 Å². The van der Waals surface area contributed by atoms with Crippen molar-refractivity contribution in [1.82, 2.24) is 15.5 Å². The smallest absolute Gasteiger partial charge is 0.270 e. The number of carbonyl (C=O) groups is 1. The van der Waals surface area contributed by atoms with Gasteiger partial charge in [0.2, 0.25) is 0 Å². The Bertz CT molecular complexity index is 747. The van der Waals surface area contributed by atoms with Gasteiger partial charge in [0, 0.05) is 6.07 Å². The summed E-state index contributed by atoms with van der Waals surface area (Å²) in [4.78, 5) is 16.1. The molecule has 7 nitrogen and oxygen atoms in total. The molecule has 112 valence electrons. The fraction of sp³-hybridized carbons (Fsp3) is 0.133. The van der Waals surface area contributed by atoms with E-state index in [4.69, 9.17) is 8.94 Å². The number of anilines is 2. The number of pyridine rings is 1. The van der Waals surface area contributed by atoms with Gasteiger partial charge < -0.3 is 19.6 Å². The van der Waals surface area contributed by atoms with Crippen LogP contribution >= 0.6 is 0 Å². The summed E-state index contributed by atoms with van der Waals surface area (Å²) >= 11 is 0. The lowest BCUT2D eigenvalue weighted by Gasteiger charge is -2.04. The molecular formula is C15H14N4O3. The Morgan fingerprint density at radius 1 is 1.32 bits per heavy atom. The van der Waals surface area contributed by atoms with Crippen LogP contribution < -0.4 is 10.6 Å². The Labute approximate surface area is 126 Å². The van der Waals surface area contributed by atoms with E-state index >= 15 is 0 Å². The molecule has 0 radical (unpaired) electrons. The summed E-state index contributed by atoms with van der Waals surface area (Å²) in [5.74, 6) is 1.73. The van der Waals surface area contributed by atoms with Crippen molar-refractivity contribution >= 4 is 17.4 Å². The van der Waals surface area contributed by atoms with Gasteiger partial charge in [0.05, 0.1) is 24.7 Å². The summed E-state index contributed by atoms with van der Waals surface area (Å²) in [5, 5.41) is 9.59. The molecule has 0 fully saturated rings. The highest BCUT2D eigenvalue weighted by molar-refractivity contribution is 5.92. The number of nitrogens with one attached hydrogen (secondary N) is 2. The quantitative estimate of drug-likeness (QED) is 0.752. The monoisotopic (exact) mass is 298 g/mol. The van der Waals surface area contributed by atoms with Crippen LogP contribution in [0.3, 0.4) is 0 Å². The SMILES string of the molecule is Cc1cc(Nc2ccc(C(=O)NCc3ccco3)nc2)no1. The molecule has 0 saturated heterocycles. The topological polar surface area (TPSA) is 93.2 Å². The summed E-state index contributed by atoms with van der Waals surface area (Å²) in [7, 11) is 0.